The Bertz CT molecular complexity index is 1010. The summed E-state index contributed by atoms with van der Waals surface area (Å²) in [5.74, 6) is -0.0310. The number of carbonyl (C=O) groups excluding carboxylic acids is 1. The summed E-state index contributed by atoms with van der Waals surface area (Å²) in [7, 11) is -3.84. The van der Waals surface area contributed by atoms with Crippen LogP contribution in [0.2, 0.25) is 0 Å². The van der Waals surface area contributed by atoms with Crippen molar-refractivity contribution in [1.29, 1.82) is 0 Å². The normalized spacial score (nSPS) is 11.3. The number of amides is 1. The van der Waals surface area contributed by atoms with E-state index in [1.807, 2.05) is 0 Å². The molecule has 0 fully saturated rings. The quantitative estimate of drug-likeness (QED) is 0.569. The Labute approximate surface area is 148 Å². The third kappa shape index (κ3) is 3.85. The molecule has 1 amide bonds. The fraction of sp³-hybridized carbons (Fsp3) is 0.214. The van der Waals surface area contributed by atoms with Crippen molar-refractivity contribution in [3.8, 4) is 0 Å². The molecule has 0 aliphatic rings. The van der Waals surface area contributed by atoms with E-state index in [1.165, 1.54) is 24.3 Å². The van der Waals surface area contributed by atoms with Gasteiger partial charge in [-0.1, -0.05) is 10.4 Å². The first-order valence-electron chi connectivity index (χ1n) is 7.43. The van der Waals surface area contributed by atoms with E-state index in [2.05, 4.69) is 35.8 Å². The van der Waals surface area contributed by atoms with Crippen LogP contribution in [0.3, 0.4) is 0 Å². The molecule has 0 spiro atoms. The van der Waals surface area contributed by atoms with Crippen molar-refractivity contribution in [2.75, 3.05) is 10.0 Å². The number of hydrogen-bond acceptors (Lipinski definition) is 8. The predicted molar refractivity (Wildman–Crippen MR) is 89.7 cm³/mol. The Morgan fingerprint density at radius 2 is 1.96 bits per heavy atom. The van der Waals surface area contributed by atoms with Gasteiger partial charge in [0.05, 0.1) is 17.0 Å². The number of aryl methyl sites for hydroxylation is 1. The highest BCUT2D eigenvalue weighted by Gasteiger charge is 2.19. The summed E-state index contributed by atoms with van der Waals surface area (Å²) < 4.78 is 32.1. The van der Waals surface area contributed by atoms with E-state index in [1.54, 1.807) is 13.8 Å². The van der Waals surface area contributed by atoms with E-state index >= 15 is 0 Å². The van der Waals surface area contributed by atoms with Gasteiger partial charge < -0.3 is 9.84 Å². The van der Waals surface area contributed by atoms with Crippen LogP contribution in [-0.4, -0.2) is 40.1 Å². The van der Waals surface area contributed by atoms with Crippen molar-refractivity contribution >= 4 is 27.5 Å². The molecule has 0 atom stereocenters. The summed E-state index contributed by atoms with van der Waals surface area (Å²) in [6.45, 7) is 3.41. The number of carbonyl (C=O) groups is 1. The number of nitrogens with zero attached hydrogens (tertiary/aromatic N) is 4. The monoisotopic (exact) mass is 377 g/mol. The largest absolute Gasteiger partial charge is 0.337 e. The molecule has 11 nitrogen and oxygen atoms in total. The highest BCUT2D eigenvalue weighted by Crippen LogP contribution is 2.22. The van der Waals surface area contributed by atoms with E-state index in [0.717, 1.165) is 0 Å². The summed E-state index contributed by atoms with van der Waals surface area (Å²) in [6.07, 6.45) is -0.0533. The van der Waals surface area contributed by atoms with Crippen molar-refractivity contribution in [1.82, 2.24) is 25.8 Å². The first kappa shape index (κ1) is 17.5. The molecule has 136 valence electrons. The van der Waals surface area contributed by atoms with Crippen LogP contribution in [0.25, 0.3) is 0 Å². The van der Waals surface area contributed by atoms with Gasteiger partial charge in [-0.3, -0.25) is 4.79 Å². The number of aromatic amines is 1. The predicted octanol–water partition coefficient (Wildman–Crippen LogP) is 0.787. The first-order chi connectivity index (χ1) is 12.3. The molecule has 3 rings (SSSR count). The lowest BCUT2D eigenvalue weighted by Crippen LogP contribution is -2.16. The highest BCUT2D eigenvalue weighted by molar-refractivity contribution is 7.92. The maximum absolute atomic E-state index is 12.4. The molecule has 1 aromatic carbocycles. The summed E-state index contributed by atoms with van der Waals surface area (Å²) in [5.41, 5.74) is 1.64. The van der Waals surface area contributed by atoms with Gasteiger partial charge >= 0.3 is 0 Å². The van der Waals surface area contributed by atoms with Gasteiger partial charge in [-0.05, 0) is 38.1 Å². The number of hydrogen-bond donors (Lipinski definition) is 3. The summed E-state index contributed by atoms with van der Waals surface area (Å²) in [5, 5.41) is 19.3. The van der Waals surface area contributed by atoms with Crippen LogP contribution >= 0.6 is 0 Å². The Balaban J connectivity index is 1.68. The van der Waals surface area contributed by atoms with Gasteiger partial charge in [0, 0.05) is 11.3 Å². The molecule has 0 unspecified atom stereocenters. The van der Waals surface area contributed by atoms with E-state index in [-0.39, 0.29) is 28.9 Å². The molecule has 2 heterocycles. The summed E-state index contributed by atoms with van der Waals surface area (Å²) in [6, 6.07) is 5.68. The van der Waals surface area contributed by atoms with E-state index < -0.39 is 10.0 Å². The first-order valence-corrected chi connectivity index (χ1v) is 8.91. The molecular weight excluding hydrogens is 362 g/mol. The zero-order valence-corrected chi connectivity index (χ0v) is 14.7. The number of rotatable bonds is 6. The van der Waals surface area contributed by atoms with Crippen molar-refractivity contribution in [2.45, 2.75) is 25.2 Å². The fourth-order valence-corrected chi connectivity index (χ4v) is 3.06. The molecule has 3 aromatic rings. The molecule has 0 aliphatic heterocycles. The van der Waals surface area contributed by atoms with Crippen molar-refractivity contribution < 1.29 is 17.7 Å². The average molecular weight is 377 g/mol. The van der Waals surface area contributed by atoms with Gasteiger partial charge in [0.1, 0.15) is 0 Å². The maximum atomic E-state index is 12.4. The number of aromatic nitrogens is 5. The van der Waals surface area contributed by atoms with Gasteiger partial charge in [0.2, 0.25) is 11.8 Å². The van der Waals surface area contributed by atoms with Crippen molar-refractivity contribution in [3.05, 3.63) is 41.3 Å². The van der Waals surface area contributed by atoms with Crippen LogP contribution in [0.15, 0.2) is 33.7 Å². The number of sulfonamides is 1. The van der Waals surface area contributed by atoms with Gasteiger partial charge in [0.25, 0.3) is 10.0 Å². The standard InChI is InChI=1S/C14H15N7O4S/c1-8-9(2)18-25-14(8)19-26(23,24)11-5-3-10(4-6-11)15-13(22)7-12-16-20-21-17-12/h3-6,19H,7H2,1-2H3,(H,15,22)(H,16,17,20,21). The molecule has 0 saturated carbocycles. The smallest absolute Gasteiger partial charge is 0.264 e. The molecule has 26 heavy (non-hydrogen) atoms. The topological polar surface area (TPSA) is 156 Å². The van der Waals surface area contributed by atoms with Crippen molar-refractivity contribution in [3.63, 3.8) is 0 Å². The molecule has 0 aliphatic carbocycles. The molecule has 2 aromatic heterocycles. The zero-order chi connectivity index (χ0) is 18.7. The lowest BCUT2D eigenvalue weighted by Gasteiger charge is -2.08. The van der Waals surface area contributed by atoms with Gasteiger partial charge in [0.15, 0.2) is 5.82 Å². The summed E-state index contributed by atoms with van der Waals surface area (Å²) >= 11 is 0. The second kappa shape index (κ2) is 6.92. The second-order valence-corrected chi connectivity index (χ2v) is 7.09. The molecular formula is C14H15N7O4S. The second-order valence-electron chi connectivity index (χ2n) is 5.40. The molecule has 0 radical (unpaired) electrons. The maximum Gasteiger partial charge on any atom is 0.264 e. The van der Waals surface area contributed by atoms with Gasteiger partial charge in [-0.2, -0.15) is 5.21 Å². The molecule has 0 bridgehead atoms. The Hall–Kier alpha value is -3.28. The Morgan fingerprint density at radius 3 is 2.54 bits per heavy atom. The van der Waals surface area contributed by atoms with Crippen LogP contribution in [0, 0.1) is 13.8 Å². The molecule has 12 heteroatoms. The van der Waals surface area contributed by atoms with E-state index in [4.69, 9.17) is 4.52 Å². The van der Waals surface area contributed by atoms with Crippen LogP contribution in [0.4, 0.5) is 11.6 Å². The number of benzene rings is 1. The van der Waals surface area contributed by atoms with Gasteiger partial charge in [-0.25, -0.2) is 13.1 Å². The Morgan fingerprint density at radius 1 is 1.23 bits per heavy atom. The lowest BCUT2D eigenvalue weighted by atomic mass is 10.3. The third-order valence-electron chi connectivity index (χ3n) is 3.54. The Kier molecular flexibility index (Phi) is 4.67. The number of tetrazole rings is 1. The van der Waals surface area contributed by atoms with Gasteiger partial charge in [-0.15, -0.1) is 10.2 Å². The average Bonchev–Trinajstić information content (AvgIpc) is 3.20. The van der Waals surface area contributed by atoms with E-state index in [9.17, 15) is 13.2 Å². The minimum absolute atomic E-state index is 0.0159. The van der Waals surface area contributed by atoms with Crippen LogP contribution in [0.1, 0.15) is 17.1 Å². The van der Waals surface area contributed by atoms with Crippen LogP contribution in [-0.2, 0) is 21.2 Å². The summed E-state index contributed by atoms with van der Waals surface area (Å²) in [4.78, 5) is 11.9. The number of H-pyrrole nitrogens is 1. The SMILES string of the molecule is Cc1noc(NS(=O)(=O)c2ccc(NC(=O)Cc3nn[nH]n3)cc2)c1C. The highest BCUT2D eigenvalue weighted by atomic mass is 32.2. The number of nitrogens with one attached hydrogen (secondary N) is 3. The van der Waals surface area contributed by atoms with Crippen molar-refractivity contribution in [2.24, 2.45) is 0 Å². The number of anilines is 2. The third-order valence-corrected chi connectivity index (χ3v) is 4.89. The van der Waals surface area contributed by atoms with Crippen LogP contribution in [0.5, 0.6) is 0 Å². The molecule has 0 saturated heterocycles. The zero-order valence-electron chi connectivity index (χ0n) is 13.8. The molecule has 3 N–H and O–H groups in total. The van der Waals surface area contributed by atoms with Crippen LogP contribution < -0.4 is 10.0 Å². The van der Waals surface area contributed by atoms with E-state index in [0.29, 0.717) is 16.9 Å². The minimum atomic E-state index is -3.84. The fourth-order valence-electron chi connectivity index (χ4n) is 2.02. The minimum Gasteiger partial charge on any atom is -0.337 e. The lowest BCUT2D eigenvalue weighted by molar-refractivity contribution is -0.115.